The van der Waals surface area contributed by atoms with Gasteiger partial charge in [0.1, 0.15) is 0 Å². The lowest BCUT2D eigenvalue weighted by molar-refractivity contribution is 0.519. The molecule has 1 aromatic rings. The van der Waals surface area contributed by atoms with Crippen LogP contribution in [0.1, 0.15) is 37.8 Å². The molecule has 2 heteroatoms. The molecule has 0 radical (unpaired) electrons. The Morgan fingerprint density at radius 2 is 1.62 bits per heavy atom. The molecular weight excluding hydrogens is 262 g/mol. The minimum atomic E-state index is 0.782. The van der Waals surface area contributed by atoms with E-state index in [-0.39, 0.29) is 0 Å². The van der Waals surface area contributed by atoms with Gasteiger partial charge in [0, 0.05) is 16.7 Å². The van der Waals surface area contributed by atoms with Crippen LogP contribution in [0.15, 0.2) is 16.6 Å². The average molecular weight is 284 g/mol. The number of hydrogen-bond acceptors (Lipinski definition) is 1. The van der Waals surface area contributed by atoms with Gasteiger partial charge in [-0.05, 0) is 43.0 Å². The van der Waals surface area contributed by atoms with Gasteiger partial charge in [-0.1, -0.05) is 42.6 Å². The van der Waals surface area contributed by atoms with Crippen molar-refractivity contribution in [2.75, 3.05) is 11.9 Å². The molecule has 16 heavy (non-hydrogen) atoms. The van der Waals surface area contributed by atoms with Gasteiger partial charge in [0.25, 0.3) is 0 Å². The summed E-state index contributed by atoms with van der Waals surface area (Å²) in [4.78, 5) is 0. The average Bonchev–Trinajstić information content (AvgIpc) is 2.27. The molecule has 0 saturated carbocycles. The lowest BCUT2D eigenvalue weighted by atomic mass is 10.0. The van der Waals surface area contributed by atoms with Crippen molar-refractivity contribution in [2.45, 2.75) is 40.5 Å². The minimum absolute atomic E-state index is 0.782. The van der Waals surface area contributed by atoms with Gasteiger partial charge in [-0.2, -0.15) is 0 Å². The molecule has 0 aliphatic rings. The third kappa shape index (κ3) is 3.51. The molecule has 0 aliphatic heterocycles. The van der Waals surface area contributed by atoms with Gasteiger partial charge < -0.3 is 5.32 Å². The topological polar surface area (TPSA) is 12.0 Å². The summed E-state index contributed by atoms with van der Waals surface area (Å²) in [7, 11) is 0. The Labute approximate surface area is 108 Å². The molecule has 1 aromatic carbocycles. The van der Waals surface area contributed by atoms with Crippen molar-refractivity contribution >= 4 is 21.6 Å². The van der Waals surface area contributed by atoms with Gasteiger partial charge in [0.2, 0.25) is 0 Å². The summed E-state index contributed by atoms with van der Waals surface area (Å²) in [5.74, 6) is 0.782. The highest BCUT2D eigenvalue weighted by molar-refractivity contribution is 9.10. The molecule has 0 aromatic heterocycles. The van der Waals surface area contributed by atoms with Crippen LogP contribution in [-0.2, 0) is 0 Å². The van der Waals surface area contributed by atoms with Gasteiger partial charge in [0.05, 0.1) is 0 Å². The zero-order chi connectivity index (χ0) is 12.1. The summed E-state index contributed by atoms with van der Waals surface area (Å²) in [6.07, 6.45) is 2.50. The van der Waals surface area contributed by atoms with Crippen molar-refractivity contribution in [1.29, 1.82) is 0 Å². The normalized spacial score (nSPS) is 10.9. The van der Waals surface area contributed by atoms with Crippen molar-refractivity contribution in [3.8, 4) is 0 Å². The van der Waals surface area contributed by atoms with Crippen LogP contribution in [0.4, 0.5) is 5.69 Å². The predicted octanol–water partition coefficient (Wildman–Crippen LogP) is 4.91. The highest BCUT2D eigenvalue weighted by atomic mass is 79.9. The Morgan fingerprint density at radius 1 is 1.12 bits per heavy atom. The predicted molar refractivity (Wildman–Crippen MR) is 76.2 cm³/mol. The summed E-state index contributed by atoms with van der Waals surface area (Å²) in [5.41, 5.74) is 3.84. The van der Waals surface area contributed by atoms with Gasteiger partial charge >= 0.3 is 0 Å². The van der Waals surface area contributed by atoms with Gasteiger partial charge in [-0.25, -0.2) is 0 Å². The second kappa shape index (κ2) is 6.29. The second-order valence-corrected chi connectivity index (χ2v) is 5.28. The summed E-state index contributed by atoms with van der Waals surface area (Å²) in [6, 6.07) is 4.42. The lowest BCUT2D eigenvalue weighted by Gasteiger charge is -2.15. The van der Waals surface area contributed by atoms with E-state index in [2.05, 4.69) is 61.1 Å². The van der Waals surface area contributed by atoms with E-state index in [1.807, 2.05) is 0 Å². The number of benzene rings is 1. The maximum Gasteiger partial charge on any atom is 0.0346 e. The van der Waals surface area contributed by atoms with E-state index in [4.69, 9.17) is 0 Å². The van der Waals surface area contributed by atoms with Crippen molar-refractivity contribution < 1.29 is 0 Å². The molecule has 0 saturated heterocycles. The first kappa shape index (κ1) is 13.6. The van der Waals surface area contributed by atoms with Gasteiger partial charge in [-0.3, -0.25) is 0 Å². The fourth-order valence-corrected chi connectivity index (χ4v) is 2.12. The Morgan fingerprint density at radius 3 is 2.06 bits per heavy atom. The molecule has 1 N–H and O–H groups in total. The summed E-state index contributed by atoms with van der Waals surface area (Å²) < 4.78 is 1.22. The first-order chi connectivity index (χ1) is 7.58. The van der Waals surface area contributed by atoms with Crippen LogP contribution in [0.25, 0.3) is 0 Å². The Balaban J connectivity index is 2.68. The maximum atomic E-state index is 3.59. The van der Waals surface area contributed by atoms with E-state index in [0.717, 1.165) is 12.5 Å². The van der Waals surface area contributed by atoms with Crippen LogP contribution in [0, 0.1) is 19.8 Å². The number of hydrogen-bond donors (Lipinski definition) is 1. The first-order valence-electron chi connectivity index (χ1n) is 6.09. The van der Waals surface area contributed by atoms with Crippen molar-refractivity contribution in [2.24, 2.45) is 5.92 Å². The van der Waals surface area contributed by atoms with Crippen LogP contribution in [0.2, 0.25) is 0 Å². The summed E-state index contributed by atoms with van der Waals surface area (Å²) >= 11 is 3.59. The van der Waals surface area contributed by atoms with E-state index < -0.39 is 0 Å². The molecule has 0 amide bonds. The minimum Gasteiger partial charge on any atom is -0.385 e. The molecule has 90 valence electrons. The van der Waals surface area contributed by atoms with Crippen LogP contribution in [0.5, 0.6) is 0 Å². The smallest absolute Gasteiger partial charge is 0.0346 e. The monoisotopic (exact) mass is 283 g/mol. The first-order valence-corrected chi connectivity index (χ1v) is 6.88. The third-order valence-corrected chi connectivity index (χ3v) is 4.44. The van der Waals surface area contributed by atoms with Crippen molar-refractivity contribution in [3.05, 3.63) is 27.7 Å². The van der Waals surface area contributed by atoms with E-state index >= 15 is 0 Å². The highest BCUT2D eigenvalue weighted by Gasteiger charge is 2.05. The molecule has 0 heterocycles. The molecule has 0 bridgehead atoms. The molecule has 0 aliphatic carbocycles. The Kier molecular flexibility index (Phi) is 5.33. The number of rotatable bonds is 5. The highest BCUT2D eigenvalue weighted by Crippen LogP contribution is 2.25. The second-order valence-electron chi connectivity index (χ2n) is 4.49. The Hall–Kier alpha value is -0.500. The summed E-state index contributed by atoms with van der Waals surface area (Å²) in [5, 5.41) is 3.53. The number of aryl methyl sites for hydroxylation is 2. The molecular formula is C14H22BrN. The third-order valence-electron chi connectivity index (χ3n) is 3.19. The SMILES string of the molecule is CCC(CC)CNc1cc(C)c(Br)c(C)c1. The van der Waals surface area contributed by atoms with E-state index in [9.17, 15) is 0 Å². The van der Waals surface area contributed by atoms with Gasteiger partial charge in [0.15, 0.2) is 0 Å². The standard InChI is InChI=1S/C14H22BrN/c1-5-12(6-2)9-16-13-7-10(3)14(15)11(4)8-13/h7-8,12,16H,5-6,9H2,1-4H3. The zero-order valence-electron chi connectivity index (χ0n) is 10.7. The van der Waals surface area contributed by atoms with Crippen LogP contribution in [0.3, 0.4) is 0 Å². The summed E-state index contributed by atoms with van der Waals surface area (Å²) in [6.45, 7) is 9.87. The van der Waals surface area contributed by atoms with E-state index in [0.29, 0.717) is 0 Å². The lowest BCUT2D eigenvalue weighted by Crippen LogP contribution is -2.12. The fraction of sp³-hybridized carbons (Fsp3) is 0.571. The largest absolute Gasteiger partial charge is 0.385 e. The quantitative estimate of drug-likeness (QED) is 0.809. The molecule has 1 rings (SSSR count). The van der Waals surface area contributed by atoms with Gasteiger partial charge in [-0.15, -0.1) is 0 Å². The fourth-order valence-electron chi connectivity index (χ4n) is 1.89. The number of anilines is 1. The molecule has 0 spiro atoms. The van der Waals surface area contributed by atoms with Crippen LogP contribution < -0.4 is 5.32 Å². The zero-order valence-corrected chi connectivity index (χ0v) is 12.3. The Bertz CT molecular complexity index is 320. The number of nitrogens with one attached hydrogen (secondary N) is 1. The van der Waals surface area contributed by atoms with Crippen LogP contribution in [-0.4, -0.2) is 6.54 Å². The van der Waals surface area contributed by atoms with Crippen molar-refractivity contribution in [1.82, 2.24) is 0 Å². The maximum absolute atomic E-state index is 3.59. The number of halogens is 1. The van der Waals surface area contributed by atoms with E-state index in [1.165, 1.54) is 34.1 Å². The molecule has 0 unspecified atom stereocenters. The molecule has 1 nitrogen and oxygen atoms in total. The molecule has 0 fully saturated rings. The van der Waals surface area contributed by atoms with Crippen LogP contribution >= 0.6 is 15.9 Å². The van der Waals surface area contributed by atoms with Crippen molar-refractivity contribution in [3.63, 3.8) is 0 Å². The molecule has 0 atom stereocenters. The van der Waals surface area contributed by atoms with E-state index in [1.54, 1.807) is 0 Å².